The van der Waals surface area contributed by atoms with Crippen molar-refractivity contribution in [3.63, 3.8) is 0 Å². The van der Waals surface area contributed by atoms with Crippen LogP contribution in [0.4, 0.5) is 0 Å². The molecular formula is C15H31NO. The van der Waals surface area contributed by atoms with Crippen molar-refractivity contribution in [2.45, 2.75) is 65.4 Å². The Hall–Kier alpha value is -0.0800. The third-order valence-corrected chi connectivity index (χ3v) is 3.58. The van der Waals surface area contributed by atoms with Crippen molar-refractivity contribution in [3.8, 4) is 0 Å². The number of ether oxygens (including phenoxy) is 1. The van der Waals surface area contributed by atoms with Crippen LogP contribution in [0.25, 0.3) is 0 Å². The van der Waals surface area contributed by atoms with Gasteiger partial charge in [0.2, 0.25) is 0 Å². The molecule has 1 aliphatic rings. The summed E-state index contributed by atoms with van der Waals surface area (Å²) in [5.41, 5.74) is 0. The Bertz CT molecular complexity index is 174. The third-order valence-electron chi connectivity index (χ3n) is 3.58. The molecule has 0 spiro atoms. The minimum Gasteiger partial charge on any atom is -0.377 e. The smallest absolute Gasteiger partial charge is 0.0671 e. The molecule has 2 nitrogen and oxygen atoms in total. The summed E-state index contributed by atoms with van der Waals surface area (Å²) in [5.74, 6) is 1.55. The summed E-state index contributed by atoms with van der Waals surface area (Å²) < 4.78 is 5.96. The van der Waals surface area contributed by atoms with Crippen molar-refractivity contribution in [1.29, 1.82) is 0 Å². The lowest BCUT2D eigenvalue weighted by atomic mass is 10.0. The Kier molecular flexibility index (Phi) is 7.87. The van der Waals surface area contributed by atoms with Gasteiger partial charge in [0.05, 0.1) is 6.10 Å². The molecule has 0 aromatic carbocycles. The first-order chi connectivity index (χ1) is 8.18. The molecule has 17 heavy (non-hydrogen) atoms. The SMILES string of the molecule is CC(C)CNCC(C)OCC1CCCCCC1. The molecule has 1 atom stereocenters. The summed E-state index contributed by atoms with van der Waals surface area (Å²) in [6.45, 7) is 9.73. The Labute approximate surface area is 108 Å². The molecular weight excluding hydrogens is 210 g/mol. The molecule has 1 N–H and O–H groups in total. The first-order valence-electron chi connectivity index (χ1n) is 7.50. The van der Waals surface area contributed by atoms with Gasteiger partial charge >= 0.3 is 0 Å². The summed E-state index contributed by atoms with van der Waals surface area (Å²) in [6, 6.07) is 0. The second-order valence-electron chi connectivity index (χ2n) is 6.05. The van der Waals surface area contributed by atoms with Gasteiger partial charge in [-0.15, -0.1) is 0 Å². The van der Waals surface area contributed by atoms with Crippen LogP contribution in [-0.4, -0.2) is 25.8 Å². The van der Waals surface area contributed by atoms with E-state index >= 15 is 0 Å². The van der Waals surface area contributed by atoms with Crippen LogP contribution in [0.5, 0.6) is 0 Å². The highest BCUT2D eigenvalue weighted by Gasteiger charge is 2.13. The Morgan fingerprint density at radius 1 is 1.00 bits per heavy atom. The molecule has 0 aromatic heterocycles. The molecule has 2 heteroatoms. The minimum absolute atomic E-state index is 0.358. The van der Waals surface area contributed by atoms with Crippen LogP contribution >= 0.6 is 0 Å². The van der Waals surface area contributed by atoms with E-state index in [0.29, 0.717) is 6.10 Å². The van der Waals surface area contributed by atoms with Crippen LogP contribution in [0.3, 0.4) is 0 Å². The lowest BCUT2D eigenvalue weighted by molar-refractivity contribution is 0.0365. The lowest BCUT2D eigenvalue weighted by Crippen LogP contribution is -2.30. The van der Waals surface area contributed by atoms with Crippen LogP contribution in [-0.2, 0) is 4.74 Å². The summed E-state index contributed by atoms with van der Waals surface area (Å²) >= 11 is 0. The van der Waals surface area contributed by atoms with Gasteiger partial charge in [-0.05, 0) is 38.1 Å². The van der Waals surface area contributed by atoms with Crippen LogP contribution in [0.15, 0.2) is 0 Å². The number of hydrogen-bond donors (Lipinski definition) is 1. The van der Waals surface area contributed by atoms with Crippen LogP contribution in [0, 0.1) is 11.8 Å². The number of rotatable bonds is 7. The van der Waals surface area contributed by atoms with Crippen molar-refractivity contribution in [3.05, 3.63) is 0 Å². The van der Waals surface area contributed by atoms with Crippen molar-refractivity contribution >= 4 is 0 Å². The molecule has 1 rings (SSSR count). The van der Waals surface area contributed by atoms with E-state index in [2.05, 4.69) is 26.1 Å². The molecule has 1 fully saturated rings. The molecule has 0 heterocycles. The highest BCUT2D eigenvalue weighted by atomic mass is 16.5. The normalized spacial score (nSPS) is 20.5. The predicted molar refractivity (Wildman–Crippen MR) is 74.3 cm³/mol. The topological polar surface area (TPSA) is 21.3 Å². The fourth-order valence-electron chi connectivity index (χ4n) is 2.47. The zero-order chi connectivity index (χ0) is 12.5. The van der Waals surface area contributed by atoms with E-state index in [-0.39, 0.29) is 0 Å². The fourth-order valence-corrected chi connectivity index (χ4v) is 2.47. The van der Waals surface area contributed by atoms with E-state index in [1.807, 2.05) is 0 Å². The summed E-state index contributed by atoms with van der Waals surface area (Å²) in [7, 11) is 0. The molecule has 1 saturated carbocycles. The average molecular weight is 241 g/mol. The van der Waals surface area contributed by atoms with E-state index in [4.69, 9.17) is 4.74 Å². The van der Waals surface area contributed by atoms with Gasteiger partial charge in [-0.3, -0.25) is 0 Å². The van der Waals surface area contributed by atoms with Gasteiger partial charge in [-0.1, -0.05) is 39.5 Å². The van der Waals surface area contributed by atoms with Crippen LogP contribution in [0.1, 0.15) is 59.3 Å². The summed E-state index contributed by atoms with van der Waals surface area (Å²) in [5, 5.41) is 3.46. The molecule has 1 unspecified atom stereocenters. The molecule has 0 saturated heterocycles. The monoisotopic (exact) mass is 241 g/mol. The van der Waals surface area contributed by atoms with Crippen molar-refractivity contribution < 1.29 is 4.74 Å². The van der Waals surface area contributed by atoms with Gasteiger partial charge in [-0.2, -0.15) is 0 Å². The zero-order valence-corrected chi connectivity index (χ0v) is 12.0. The summed E-state index contributed by atoms with van der Waals surface area (Å²) in [4.78, 5) is 0. The molecule has 0 radical (unpaired) electrons. The van der Waals surface area contributed by atoms with Crippen molar-refractivity contribution in [1.82, 2.24) is 5.32 Å². The van der Waals surface area contributed by atoms with Gasteiger partial charge in [0.15, 0.2) is 0 Å². The van der Waals surface area contributed by atoms with E-state index in [9.17, 15) is 0 Å². The highest BCUT2D eigenvalue weighted by molar-refractivity contribution is 4.65. The second-order valence-corrected chi connectivity index (χ2v) is 6.05. The van der Waals surface area contributed by atoms with Crippen LogP contribution in [0.2, 0.25) is 0 Å². The van der Waals surface area contributed by atoms with E-state index < -0.39 is 0 Å². The maximum atomic E-state index is 5.96. The molecule has 0 aliphatic heterocycles. The Balaban J connectivity index is 2.03. The quantitative estimate of drug-likeness (QED) is 0.688. The second kappa shape index (κ2) is 8.93. The van der Waals surface area contributed by atoms with Crippen LogP contribution < -0.4 is 5.32 Å². The van der Waals surface area contributed by atoms with Gasteiger partial charge in [0.25, 0.3) is 0 Å². The summed E-state index contributed by atoms with van der Waals surface area (Å²) in [6.07, 6.45) is 8.81. The maximum absolute atomic E-state index is 5.96. The Morgan fingerprint density at radius 3 is 2.24 bits per heavy atom. The molecule has 0 amide bonds. The Morgan fingerprint density at radius 2 is 1.65 bits per heavy atom. The van der Waals surface area contributed by atoms with Crippen molar-refractivity contribution in [2.75, 3.05) is 19.7 Å². The third kappa shape index (κ3) is 7.77. The minimum atomic E-state index is 0.358. The zero-order valence-electron chi connectivity index (χ0n) is 12.0. The van der Waals surface area contributed by atoms with Gasteiger partial charge in [0, 0.05) is 13.2 Å². The standard InChI is InChI=1S/C15H31NO/c1-13(2)10-16-11-14(3)17-12-15-8-6-4-5-7-9-15/h13-16H,4-12H2,1-3H3. The van der Waals surface area contributed by atoms with Gasteiger partial charge in [0.1, 0.15) is 0 Å². The lowest BCUT2D eigenvalue weighted by Gasteiger charge is -2.19. The molecule has 0 bridgehead atoms. The van der Waals surface area contributed by atoms with Crippen molar-refractivity contribution in [2.24, 2.45) is 11.8 Å². The van der Waals surface area contributed by atoms with Gasteiger partial charge in [-0.25, -0.2) is 0 Å². The fraction of sp³-hybridized carbons (Fsp3) is 1.00. The van der Waals surface area contributed by atoms with Gasteiger partial charge < -0.3 is 10.1 Å². The maximum Gasteiger partial charge on any atom is 0.0671 e. The van der Waals surface area contributed by atoms with E-state index in [1.165, 1.54) is 38.5 Å². The average Bonchev–Trinajstić information content (AvgIpc) is 2.54. The largest absolute Gasteiger partial charge is 0.377 e. The molecule has 102 valence electrons. The molecule has 0 aromatic rings. The predicted octanol–water partition coefficient (Wildman–Crippen LogP) is 3.61. The van der Waals surface area contributed by atoms with E-state index in [0.717, 1.165) is 31.5 Å². The molecule has 1 aliphatic carbocycles. The number of nitrogens with one attached hydrogen (secondary N) is 1. The highest BCUT2D eigenvalue weighted by Crippen LogP contribution is 2.23. The van der Waals surface area contributed by atoms with E-state index in [1.54, 1.807) is 0 Å². The first-order valence-corrected chi connectivity index (χ1v) is 7.50. The first kappa shape index (κ1) is 15.0. The number of hydrogen-bond acceptors (Lipinski definition) is 2.